The molecular weight excluding hydrogens is 240 g/mol. The number of aryl methyl sites for hydroxylation is 1. The topological polar surface area (TPSA) is 79.1 Å². The van der Waals surface area contributed by atoms with Crippen LogP contribution in [0, 0.1) is 12.8 Å². The molecule has 2 heterocycles. The van der Waals surface area contributed by atoms with Crippen LogP contribution in [0.2, 0.25) is 0 Å². The lowest BCUT2D eigenvalue weighted by molar-refractivity contribution is 0.266. The van der Waals surface area contributed by atoms with Gasteiger partial charge in [0.15, 0.2) is 0 Å². The van der Waals surface area contributed by atoms with Crippen LogP contribution in [-0.4, -0.2) is 40.5 Å². The third-order valence-electron chi connectivity index (χ3n) is 3.61. The number of aromatic nitrogens is 2. The Balaban J connectivity index is 1.87. The van der Waals surface area contributed by atoms with Crippen molar-refractivity contribution in [2.75, 3.05) is 30.4 Å². The van der Waals surface area contributed by atoms with E-state index in [9.17, 15) is 0 Å². The normalized spacial score (nSPS) is 19.9. The van der Waals surface area contributed by atoms with E-state index in [0.29, 0.717) is 23.6 Å². The van der Waals surface area contributed by atoms with Crippen molar-refractivity contribution in [2.24, 2.45) is 11.8 Å². The second kappa shape index (κ2) is 6.16. The highest BCUT2D eigenvalue weighted by Crippen LogP contribution is 2.19. The smallest absolute Gasteiger partial charge is 0.145 e. The van der Waals surface area contributed by atoms with Gasteiger partial charge in [-0.05, 0) is 39.7 Å². The Bertz CT molecular complexity index is 420. The van der Waals surface area contributed by atoms with Crippen LogP contribution in [-0.2, 0) is 0 Å². The molecule has 19 heavy (non-hydrogen) atoms. The molecule has 0 radical (unpaired) electrons. The van der Waals surface area contributed by atoms with Gasteiger partial charge in [0.2, 0.25) is 0 Å². The zero-order valence-corrected chi connectivity index (χ0v) is 12.0. The summed E-state index contributed by atoms with van der Waals surface area (Å²) in [5.41, 5.74) is 2.56. The Kier molecular flexibility index (Phi) is 4.55. The molecule has 1 aliphatic heterocycles. The molecule has 1 aliphatic rings. The molecule has 1 aromatic rings. The van der Waals surface area contributed by atoms with E-state index in [1.165, 1.54) is 13.0 Å². The van der Waals surface area contributed by atoms with Crippen molar-refractivity contribution < 1.29 is 0 Å². The highest BCUT2D eigenvalue weighted by molar-refractivity contribution is 5.46. The Hall–Kier alpha value is -1.40. The van der Waals surface area contributed by atoms with Gasteiger partial charge in [-0.25, -0.2) is 15.8 Å². The lowest BCUT2D eigenvalue weighted by Crippen LogP contribution is -2.29. The maximum absolute atomic E-state index is 5.38. The van der Waals surface area contributed by atoms with Crippen molar-refractivity contribution in [3.05, 3.63) is 11.9 Å². The van der Waals surface area contributed by atoms with E-state index < -0.39 is 0 Å². The molecule has 4 N–H and O–H groups in total. The van der Waals surface area contributed by atoms with Crippen LogP contribution in [0.4, 0.5) is 11.6 Å². The quantitative estimate of drug-likeness (QED) is 0.548. The Labute approximate surface area is 114 Å². The molecule has 1 saturated heterocycles. The minimum Gasteiger partial charge on any atom is -0.370 e. The summed E-state index contributed by atoms with van der Waals surface area (Å²) in [6, 6.07) is 2.47. The number of anilines is 2. The summed E-state index contributed by atoms with van der Waals surface area (Å²) in [6.07, 6.45) is 1.25. The van der Waals surface area contributed by atoms with Gasteiger partial charge in [0, 0.05) is 25.2 Å². The first-order valence-corrected chi connectivity index (χ1v) is 6.88. The zero-order valence-electron chi connectivity index (χ0n) is 12.0. The average molecular weight is 264 g/mol. The van der Waals surface area contributed by atoms with Crippen LogP contribution in [0.15, 0.2) is 6.07 Å². The molecule has 0 spiro atoms. The zero-order chi connectivity index (χ0) is 13.8. The molecule has 1 aromatic heterocycles. The summed E-state index contributed by atoms with van der Waals surface area (Å²) in [5.74, 6) is 8.27. The molecule has 1 atom stereocenters. The summed E-state index contributed by atoms with van der Waals surface area (Å²) in [5, 5.41) is 3.39. The number of likely N-dealkylation sites (tertiary alicyclic amines) is 1. The van der Waals surface area contributed by atoms with E-state index >= 15 is 0 Å². The lowest BCUT2D eigenvalue weighted by Gasteiger charge is -2.20. The number of nitrogen functional groups attached to an aromatic ring is 1. The van der Waals surface area contributed by atoms with Crippen LogP contribution in [0.5, 0.6) is 0 Å². The Morgan fingerprint density at radius 3 is 2.79 bits per heavy atom. The van der Waals surface area contributed by atoms with Gasteiger partial charge in [0.05, 0.1) is 0 Å². The van der Waals surface area contributed by atoms with E-state index in [1.807, 2.05) is 13.0 Å². The van der Waals surface area contributed by atoms with E-state index in [0.717, 1.165) is 18.9 Å². The summed E-state index contributed by atoms with van der Waals surface area (Å²) >= 11 is 0. The molecule has 0 aromatic carbocycles. The third-order valence-corrected chi connectivity index (χ3v) is 3.61. The largest absolute Gasteiger partial charge is 0.370 e. The summed E-state index contributed by atoms with van der Waals surface area (Å²) in [7, 11) is 0. The van der Waals surface area contributed by atoms with Crippen molar-refractivity contribution >= 4 is 11.6 Å². The molecule has 0 amide bonds. The highest BCUT2D eigenvalue weighted by Gasteiger charge is 2.23. The van der Waals surface area contributed by atoms with Crippen LogP contribution in [0.1, 0.15) is 26.1 Å². The van der Waals surface area contributed by atoms with Crippen molar-refractivity contribution in [2.45, 2.75) is 33.2 Å². The number of nitrogens with one attached hydrogen (secondary N) is 2. The number of hydrogen-bond donors (Lipinski definition) is 3. The fraction of sp³-hybridized carbons (Fsp3) is 0.692. The van der Waals surface area contributed by atoms with Gasteiger partial charge in [-0.2, -0.15) is 0 Å². The van der Waals surface area contributed by atoms with E-state index in [1.54, 1.807) is 0 Å². The van der Waals surface area contributed by atoms with Gasteiger partial charge in [-0.1, -0.05) is 0 Å². The predicted octanol–water partition coefficient (Wildman–Crippen LogP) is 1.21. The highest BCUT2D eigenvalue weighted by atomic mass is 15.3. The third kappa shape index (κ3) is 3.78. The van der Waals surface area contributed by atoms with Gasteiger partial charge in [0.1, 0.15) is 17.5 Å². The van der Waals surface area contributed by atoms with Gasteiger partial charge in [0.25, 0.3) is 0 Å². The van der Waals surface area contributed by atoms with Crippen LogP contribution in [0.3, 0.4) is 0 Å². The Morgan fingerprint density at radius 2 is 2.16 bits per heavy atom. The number of nitrogens with two attached hydrogens (primary N) is 1. The number of rotatable bonds is 5. The van der Waals surface area contributed by atoms with Crippen LogP contribution < -0.4 is 16.6 Å². The van der Waals surface area contributed by atoms with Crippen molar-refractivity contribution in [3.8, 4) is 0 Å². The van der Waals surface area contributed by atoms with Gasteiger partial charge in [-0.3, -0.25) is 0 Å². The number of hydrogen-bond acceptors (Lipinski definition) is 6. The van der Waals surface area contributed by atoms with E-state index in [4.69, 9.17) is 5.84 Å². The summed E-state index contributed by atoms with van der Waals surface area (Å²) in [6.45, 7) is 9.68. The minimum absolute atomic E-state index is 0.638. The first-order valence-electron chi connectivity index (χ1n) is 6.88. The first kappa shape index (κ1) is 14.0. The average Bonchev–Trinajstić information content (AvgIpc) is 2.84. The first-order chi connectivity index (χ1) is 9.08. The maximum Gasteiger partial charge on any atom is 0.145 e. The minimum atomic E-state index is 0.638. The molecule has 1 unspecified atom stereocenters. The van der Waals surface area contributed by atoms with Gasteiger partial charge in [-0.15, -0.1) is 0 Å². The fourth-order valence-electron chi connectivity index (χ4n) is 2.48. The summed E-state index contributed by atoms with van der Waals surface area (Å²) < 4.78 is 0. The molecule has 2 rings (SSSR count). The van der Waals surface area contributed by atoms with E-state index in [-0.39, 0.29) is 0 Å². The molecule has 0 aliphatic carbocycles. The molecule has 0 saturated carbocycles. The standard InChI is InChI=1S/C13H24N6/c1-9(2)19-5-4-11(8-19)7-15-12-6-13(18-14)17-10(3)16-12/h6,9,11H,4-5,7-8,14H2,1-3H3,(H2,15,16,17,18). The molecule has 0 bridgehead atoms. The predicted molar refractivity (Wildman–Crippen MR) is 77.9 cm³/mol. The van der Waals surface area contributed by atoms with Gasteiger partial charge < -0.3 is 15.6 Å². The summed E-state index contributed by atoms with van der Waals surface area (Å²) in [4.78, 5) is 11.1. The van der Waals surface area contributed by atoms with Crippen LogP contribution in [0.25, 0.3) is 0 Å². The molecule has 106 valence electrons. The maximum atomic E-state index is 5.38. The van der Waals surface area contributed by atoms with Crippen LogP contribution >= 0.6 is 0 Å². The Morgan fingerprint density at radius 1 is 1.42 bits per heavy atom. The number of hydrazine groups is 1. The monoisotopic (exact) mass is 264 g/mol. The van der Waals surface area contributed by atoms with E-state index in [2.05, 4.69) is 39.5 Å². The number of nitrogens with zero attached hydrogens (tertiary/aromatic N) is 3. The van der Waals surface area contributed by atoms with Gasteiger partial charge >= 0.3 is 0 Å². The molecule has 6 nitrogen and oxygen atoms in total. The van der Waals surface area contributed by atoms with Crippen molar-refractivity contribution in [1.82, 2.24) is 14.9 Å². The van der Waals surface area contributed by atoms with Crippen molar-refractivity contribution in [3.63, 3.8) is 0 Å². The fourth-order valence-corrected chi connectivity index (χ4v) is 2.48. The molecular formula is C13H24N6. The lowest BCUT2D eigenvalue weighted by atomic mass is 10.1. The molecule has 1 fully saturated rings. The molecule has 6 heteroatoms. The second-order valence-corrected chi connectivity index (χ2v) is 5.45. The second-order valence-electron chi connectivity index (χ2n) is 5.45. The van der Waals surface area contributed by atoms with Crippen molar-refractivity contribution in [1.29, 1.82) is 0 Å². The SMILES string of the molecule is Cc1nc(NN)cc(NCC2CCN(C(C)C)C2)n1.